The van der Waals surface area contributed by atoms with E-state index in [1.54, 1.807) is 134 Å². The van der Waals surface area contributed by atoms with Crippen LogP contribution in [0.1, 0.15) is 112 Å². The molecule has 1 fully saturated rings. The third-order valence-corrected chi connectivity index (χ3v) is 22.8. The summed E-state index contributed by atoms with van der Waals surface area (Å²) in [4.78, 5) is 232. The molecule has 1 saturated heterocycles. The first kappa shape index (κ1) is 107. The second kappa shape index (κ2) is 55.7. The second-order valence-electron chi connectivity index (χ2n) is 32.4. The molecule has 41 nitrogen and oxygen atoms in total. The summed E-state index contributed by atoms with van der Waals surface area (Å²) < 4.78 is 0. The number of unbranched alkanes of at least 4 members (excludes halogenated alkanes) is 3. The van der Waals surface area contributed by atoms with E-state index in [0.29, 0.717) is 64.4 Å². The molecule has 29 N–H and O–H groups in total. The van der Waals surface area contributed by atoms with E-state index >= 15 is 14.4 Å². The van der Waals surface area contributed by atoms with E-state index in [4.69, 9.17) is 28.7 Å². The van der Waals surface area contributed by atoms with Crippen molar-refractivity contribution in [1.82, 2.24) is 79.0 Å². The Labute approximate surface area is 779 Å². The van der Waals surface area contributed by atoms with Crippen molar-refractivity contribution in [2.75, 3.05) is 50.9 Å². The van der Waals surface area contributed by atoms with E-state index in [0.717, 1.165) is 6.92 Å². The van der Waals surface area contributed by atoms with Crippen LogP contribution in [0.3, 0.4) is 0 Å². The van der Waals surface area contributed by atoms with Crippen LogP contribution in [0.5, 0.6) is 5.75 Å². The molecule has 0 radical (unpaired) electrons. The van der Waals surface area contributed by atoms with E-state index in [1.165, 1.54) is 17.0 Å². The zero-order valence-corrected chi connectivity index (χ0v) is 75.6. The van der Waals surface area contributed by atoms with Crippen molar-refractivity contribution in [2.45, 2.75) is 213 Å². The molecule has 0 saturated carbocycles. The van der Waals surface area contributed by atoms with Crippen LogP contribution < -0.4 is 97.8 Å². The number of H-pyrrole nitrogens is 1. The number of fused-ring (bicyclic) bond motifs is 1. The van der Waals surface area contributed by atoms with Crippen molar-refractivity contribution in [3.8, 4) is 5.75 Å². The lowest BCUT2D eigenvalue weighted by Gasteiger charge is -2.29. The highest BCUT2D eigenvalue weighted by Crippen LogP contribution is 2.24. The summed E-state index contributed by atoms with van der Waals surface area (Å²) in [5.74, 6) is -17.1. The number of phenols is 1. The highest BCUT2D eigenvalue weighted by Gasteiger charge is 2.42. The Bertz CT molecular complexity index is 4880. The molecule has 133 heavy (non-hydrogen) atoms. The van der Waals surface area contributed by atoms with Crippen LogP contribution in [-0.2, 0) is 109 Å². The number of carbonyl (C=O) groups is 16. The molecule has 6 aromatic rings. The highest BCUT2D eigenvalue weighted by atomic mass is 32.1. The topological polar surface area (TPSA) is 680 Å². The second-order valence-corrected chi connectivity index (χ2v) is 33.1. The van der Waals surface area contributed by atoms with Crippen LogP contribution in [0.25, 0.3) is 10.9 Å². The van der Waals surface area contributed by atoms with Crippen molar-refractivity contribution in [3.63, 3.8) is 0 Å². The number of nitrogens with zero attached hydrogens (tertiary/aromatic N) is 1. The van der Waals surface area contributed by atoms with E-state index < -0.39 is 211 Å². The minimum absolute atomic E-state index is 0.00402. The average Bonchev–Trinajstić information content (AvgIpc) is 1.77. The number of aliphatic hydroxyl groups excluding tert-OH is 3. The number of aliphatic carboxylic acids is 1. The van der Waals surface area contributed by atoms with E-state index in [-0.39, 0.29) is 120 Å². The summed E-state index contributed by atoms with van der Waals surface area (Å²) in [6.45, 7) is -0.379. The monoisotopic (exact) mass is 1880 g/mol. The lowest BCUT2D eigenvalue weighted by molar-refractivity contribution is -0.142. The number of hydrogen-bond acceptors (Lipinski definition) is 26. The van der Waals surface area contributed by atoms with Gasteiger partial charge in [-0.2, -0.15) is 25.3 Å². The number of aromatic nitrogens is 1. The number of benzene rings is 5. The molecule has 2 heterocycles. The minimum atomic E-state index is -1.94. The third kappa shape index (κ3) is 34.5. The van der Waals surface area contributed by atoms with Gasteiger partial charge in [0.1, 0.15) is 90.3 Å². The number of rotatable bonds is 57. The van der Waals surface area contributed by atoms with Crippen molar-refractivity contribution >= 4 is 131 Å². The largest absolute Gasteiger partial charge is 0.508 e. The van der Waals surface area contributed by atoms with Gasteiger partial charge in [0.2, 0.25) is 88.6 Å². The number of likely N-dealkylation sites (tertiary alicyclic amines) is 1. The number of carboxylic acids is 1. The number of carboxylic acid groups (broad SMARTS) is 1. The van der Waals surface area contributed by atoms with Crippen molar-refractivity contribution in [3.05, 3.63) is 174 Å². The predicted octanol–water partition coefficient (Wildman–Crippen LogP) is -4.42. The summed E-state index contributed by atoms with van der Waals surface area (Å²) in [6, 6.07) is 14.2. The Hall–Kier alpha value is -12.6. The SMILES string of the molecule is C[C@@H](O)[C@H](NC(=O)[C@H](CCCCN)NC(=O)[C@H](Cc1c[nH]c2ccccc12)NC(=O)[C@H](Cc1ccccc1)NC(=O)[C@H](Cc1ccccc1)NC(=O)[C@H](CC(N)=O)NC(=O)[C@H](CCCCN)NC(=O)[C@H](CS)NC(=O)[C@@H]1CCCN1C(=O)[C@@H](N)Cc1ccc(O)cc1)C(=O)N[C@@H](Cc1ccccc1)C(=O)N[C@@H](CO)C(=O)N[C@@H](CO)C(=O)N[C@@H](CS)C(=O)N[C@@H](CCCCN)C(=O)O. The number of hydrogen-bond donors (Lipinski definition) is 26. The first-order chi connectivity index (χ1) is 63.7. The Morgan fingerprint density at radius 3 is 1.21 bits per heavy atom. The molecule has 1 aliphatic rings. The molecule has 0 aliphatic carbocycles. The van der Waals surface area contributed by atoms with Gasteiger partial charge < -0.3 is 133 Å². The van der Waals surface area contributed by atoms with Crippen LogP contribution in [0.4, 0.5) is 0 Å². The zero-order valence-electron chi connectivity index (χ0n) is 73.8. The molecule has 43 heteroatoms. The highest BCUT2D eigenvalue weighted by molar-refractivity contribution is 7.80. The number of aliphatic hydroxyl groups is 3. The van der Waals surface area contributed by atoms with Gasteiger partial charge in [0, 0.05) is 60.8 Å². The summed E-state index contributed by atoms with van der Waals surface area (Å²) in [7, 11) is 0. The number of nitrogens with two attached hydrogens (primary N) is 5. The Kier molecular flexibility index (Phi) is 44.9. The molecular formula is C90H124N20O21S2. The Morgan fingerprint density at radius 2 is 0.774 bits per heavy atom. The molecule has 0 bridgehead atoms. The van der Waals surface area contributed by atoms with Crippen LogP contribution in [0, 0.1) is 0 Å². The van der Waals surface area contributed by atoms with Gasteiger partial charge in [-0.3, -0.25) is 71.9 Å². The van der Waals surface area contributed by atoms with Gasteiger partial charge in [-0.15, -0.1) is 0 Å². The Morgan fingerprint density at radius 1 is 0.421 bits per heavy atom. The molecule has 15 amide bonds. The molecule has 1 aromatic heterocycles. The normalized spacial score (nSPS) is 15.7. The maximum atomic E-state index is 15.5. The smallest absolute Gasteiger partial charge is 0.326 e. The van der Waals surface area contributed by atoms with Gasteiger partial charge in [0.25, 0.3) is 0 Å². The number of thiol groups is 2. The van der Waals surface area contributed by atoms with Crippen LogP contribution in [0.2, 0.25) is 0 Å². The predicted molar refractivity (Wildman–Crippen MR) is 496 cm³/mol. The van der Waals surface area contributed by atoms with Crippen LogP contribution in [-0.4, -0.2) is 278 Å². The lowest BCUT2D eigenvalue weighted by atomic mass is 10.00. The molecule has 1 aliphatic heterocycles. The third-order valence-electron chi connectivity index (χ3n) is 22.1. The molecule has 16 atom stereocenters. The number of carbonyl (C=O) groups excluding carboxylic acids is 15. The number of primary amides is 1. The quantitative estimate of drug-likeness (QED) is 0.0127. The first-order valence-electron chi connectivity index (χ1n) is 43.9. The molecule has 0 unspecified atom stereocenters. The van der Waals surface area contributed by atoms with E-state index in [9.17, 15) is 87.9 Å². The van der Waals surface area contributed by atoms with Crippen molar-refractivity contribution in [1.29, 1.82) is 0 Å². The first-order valence-corrected chi connectivity index (χ1v) is 45.2. The Balaban J connectivity index is 1.11. The molecular weight excluding hydrogens is 1760 g/mol. The fourth-order valence-electron chi connectivity index (χ4n) is 14.8. The lowest BCUT2D eigenvalue weighted by Crippen LogP contribution is -2.63. The van der Waals surface area contributed by atoms with Crippen LogP contribution in [0.15, 0.2) is 146 Å². The fraction of sp³-hybridized carbons (Fsp3) is 0.467. The summed E-state index contributed by atoms with van der Waals surface area (Å²) in [5, 5.41) is 85.0. The van der Waals surface area contributed by atoms with Gasteiger partial charge in [0.05, 0.1) is 31.8 Å². The standard InChI is InChI=1S/C90H124N20O21S2/c1-51(113)75(88(128)104-66(43-54-24-9-4-10-25-54)80(120)105-69(47-111)83(123)106-70(48-112)84(124)107-71(49-132)86(126)99-63(90(130)131)30-15-18-38-93)109-77(117)62(29-14-17-37-92)97-81(121)67(44-56-46-96-60-27-12-11-26-58(56)60)102-79(119)65(42-53-22-7-3-8-23-53)100-78(118)64(41-52-20-5-2-6-21-52)101-82(122)68(45-74(95)115)103-76(116)61(28-13-16-36-91)98-85(125)72(50-133)108-87(127)73-31-19-39-110(73)89(129)59(94)40-55-32-34-57(114)35-33-55/h2-12,20-27,32-35,46,51,59,61-73,75,96,111-114,132-133H,13-19,28-31,36-45,47-50,91-94H2,1H3,(H2,95,115)(H,97,121)(H,98,125)(H,99,126)(H,100,118)(H,101,122)(H,102,119)(H,103,116)(H,104,128)(H,105,120)(H,106,123)(H,107,124)(H,108,127)(H,109,117)(H,130,131)/t51-,59+,61+,62+,63+,64+,65+,66+,67+,68+,69+,70+,71+,72+,73+,75+/m1/s1. The van der Waals surface area contributed by atoms with Gasteiger partial charge in [-0.05, 0) is 150 Å². The number of aromatic amines is 1. The average molecular weight is 1890 g/mol. The minimum Gasteiger partial charge on any atom is -0.508 e. The number of amides is 15. The van der Waals surface area contributed by atoms with Crippen molar-refractivity contribution < 1.29 is 102 Å². The summed E-state index contributed by atoms with van der Waals surface area (Å²) >= 11 is 8.45. The molecule has 7 rings (SSSR count). The van der Waals surface area contributed by atoms with E-state index in [1.807, 2.05) is 0 Å². The fourth-order valence-corrected chi connectivity index (χ4v) is 15.3. The number of para-hydroxylation sites is 1. The maximum absolute atomic E-state index is 15.5. The maximum Gasteiger partial charge on any atom is 0.326 e. The molecule has 0 spiro atoms. The van der Waals surface area contributed by atoms with Gasteiger partial charge >= 0.3 is 5.97 Å². The molecule has 5 aromatic carbocycles. The van der Waals surface area contributed by atoms with E-state index in [2.05, 4.69) is 99.4 Å². The van der Waals surface area contributed by atoms with Crippen molar-refractivity contribution in [2.24, 2.45) is 28.7 Å². The number of nitrogens with one attached hydrogen (secondary N) is 14. The summed E-state index contributed by atoms with van der Waals surface area (Å²) in [6.07, 6.45) is 0.0657. The zero-order chi connectivity index (χ0) is 97.2. The van der Waals surface area contributed by atoms with Crippen LogP contribution >= 0.6 is 25.3 Å². The number of aromatic hydroxyl groups is 1. The molecule has 722 valence electrons. The van der Waals surface area contributed by atoms with Gasteiger partial charge in [-0.1, -0.05) is 121 Å². The van der Waals surface area contributed by atoms with Gasteiger partial charge in [0.15, 0.2) is 0 Å². The van der Waals surface area contributed by atoms with Gasteiger partial charge in [-0.25, -0.2) is 4.79 Å². The summed E-state index contributed by atoms with van der Waals surface area (Å²) in [5.41, 5.74) is 32.5. The number of phenolic OH excluding ortho intramolecular Hbond substituents is 1.